The summed E-state index contributed by atoms with van der Waals surface area (Å²) in [5.41, 5.74) is 1.91. The van der Waals surface area contributed by atoms with Crippen LogP contribution in [0.2, 0.25) is 0 Å². The zero-order valence-corrected chi connectivity index (χ0v) is 11.2. The third-order valence-corrected chi connectivity index (χ3v) is 2.45. The highest BCUT2D eigenvalue weighted by molar-refractivity contribution is 5.76. The van der Waals surface area contributed by atoms with E-state index in [0.717, 1.165) is 11.4 Å². The summed E-state index contributed by atoms with van der Waals surface area (Å²) in [6.45, 7) is 1.79. The molecule has 1 aromatic rings. The molecular formula is C13H20N2O2. The van der Waals surface area contributed by atoms with Gasteiger partial charge in [-0.05, 0) is 12.1 Å². The second kappa shape index (κ2) is 5.57. The van der Waals surface area contributed by atoms with Gasteiger partial charge in [0.05, 0.1) is 5.69 Å². The Bertz CT molecular complexity index is 400. The lowest BCUT2D eigenvalue weighted by atomic mass is 10.2. The van der Waals surface area contributed by atoms with Crippen molar-refractivity contribution in [2.45, 2.75) is 13.3 Å². The Kier molecular flexibility index (Phi) is 4.37. The molecule has 4 nitrogen and oxygen atoms in total. The van der Waals surface area contributed by atoms with Crippen molar-refractivity contribution in [1.82, 2.24) is 0 Å². The molecule has 0 atom stereocenters. The Morgan fingerprint density at radius 3 is 2.29 bits per heavy atom. The van der Waals surface area contributed by atoms with E-state index >= 15 is 0 Å². The van der Waals surface area contributed by atoms with E-state index in [2.05, 4.69) is 0 Å². The molecule has 0 spiro atoms. The molecular weight excluding hydrogens is 216 g/mol. The summed E-state index contributed by atoms with van der Waals surface area (Å²) in [4.78, 5) is 15.3. The van der Waals surface area contributed by atoms with Crippen LogP contribution in [0.15, 0.2) is 18.2 Å². The average Bonchev–Trinajstić information content (AvgIpc) is 2.28. The fraction of sp³-hybridized carbons (Fsp3) is 0.462. The van der Waals surface area contributed by atoms with E-state index < -0.39 is 0 Å². The van der Waals surface area contributed by atoms with Gasteiger partial charge in [-0.15, -0.1) is 0 Å². The molecule has 1 aromatic carbocycles. The SMILES string of the molecule is CCC(=O)Oc1cc(N(C)C)ccc1N(C)C. The molecule has 0 radical (unpaired) electrons. The molecule has 0 aliphatic carbocycles. The maximum Gasteiger partial charge on any atom is 0.310 e. The van der Waals surface area contributed by atoms with Gasteiger partial charge in [0.15, 0.2) is 5.75 Å². The van der Waals surface area contributed by atoms with E-state index in [0.29, 0.717) is 12.2 Å². The van der Waals surface area contributed by atoms with Crippen molar-refractivity contribution in [3.8, 4) is 5.75 Å². The molecule has 0 bridgehead atoms. The summed E-state index contributed by atoms with van der Waals surface area (Å²) in [6.07, 6.45) is 0.374. The Morgan fingerprint density at radius 1 is 1.18 bits per heavy atom. The fourth-order valence-electron chi connectivity index (χ4n) is 1.43. The summed E-state index contributed by atoms with van der Waals surface area (Å²) < 4.78 is 5.34. The molecule has 0 saturated heterocycles. The number of hydrogen-bond donors (Lipinski definition) is 0. The van der Waals surface area contributed by atoms with Gasteiger partial charge in [0.1, 0.15) is 0 Å². The standard InChI is InChI=1S/C13H20N2O2/c1-6-13(16)17-12-9-10(14(2)3)7-8-11(12)15(4)5/h7-9H,6H2,1-5H3. The van der Waals surface area contributed by atoms with Crippen molar-refractivity contribution in [2.24, 2.45) is 0 Å². The zero-order chi connectivity index (χ0) is 13.0. The molecule has 94 valence electrons. The number of hydrogen-bond acceptors (Lipinski definition) is 4. The minimum absolute atomic E-state index is 0.219. The third-order valence-electron chi connectivity index (χ3n) is 2.45. The van der Waals surface area contributed by atoms with Gasteiger partial charge in [-0.25, -0.2) is 0 Å². The molecule has 0 N–H and O–H groups in total. The first-order chi connectivity index (χ1) is 7.95. The first kappa shape index (κ1) is 13.4. The number of carbonyl (C=O) groups is 1. The first-order valence-corrected chi connectivity index (χ1v) is 5.65. The summed E-state index contributed by atoms with van der Waals surface area (Å²) >= 11 is 0. The molecule has 0 saturated carbocycles. The first-order valence-electron chi connectivity index (χ1n) is 5.65. The molecule has 4 heteroatoms. The summed E-state index contributed by atoms with van der Waals surface area (Å²) in [6, 6.07) is 5.83. The number of ether oxygens (including phenoxy) is 1. The van der Waals surface area contributed by atoms with E-state index in [1.54, 1.807) is 6.92 Å². The van der Waals surface area contributed by atoms with E-state index in [4.69, 9.17) is 4.74 Å². The Balaban J connectivity index is 3.11. The molecule has 0 amide bonds. The average molecular weight is 236 g/mol. The second-order valence-corrected chi connectivity index (χ2v) is 4.27. The van der Waals surface area contributed by atoms with Crippen molar-refractivity contribution in [1.29, 1.82) is 0 Å². The van der Waals surface area contributed by atoms with Crippen LogP contribution < -0.4 is 14.5 Å². The number of rotatable bonds is 4. The van der Waals surface area contributed by atoms with Gasteiger partial charge in [0.2, 0.25) is 0 Å². The van der Waals surface area contributed by atoms with Crippen LogP contribution >= 0.6 is 0 Å². The normalized spacial score (nSPS) is 9.94. The van der Waals surface area contributed by atoms with Gasteiger partial charge in [0.25, 0.3) is 0 Å². The van der Waals surface area contributed by atoms with E-state index in [9.17, 15) is 4.79 Å². The molecule has 0 aliphatic rings. The Hall–Kier alpha value is -1.71. The second-order valence-electron chi connectivity index (χ2n) is 4.27. The third kappa shape index (κ3) is 3.37. The van der Waals surface area contributed by atoms with Crippen LogP contribution in [0, 0.1) is 0 Å². The number of benzene rings is 1. The fourth-order valence-corrected chi connectivity index (χ4v) is 1.43. The lowest BCUT2D eigenvalue weighted by Crippen LogP contribution is -2.15. The predicted octanol–water partition coefficient (Wildman–Crippen LogP) is 2.13. The molecule has 0 unspecified atom stereocenters. The van der Waals surface area contributed by atoms with E-state index in [1.807, 2.05) is 56.2 Å². The quantitative estimate of drug-likeness (QED) is 0.592. The van der Waals surface area contributed by atoms with Crippen LogP contribution in [0.25, 0.3) is 0 Å². The topological polar surface area (TPSA) is 32.8 Å². The molecule has 0 aliphatic heterocycles. The maximum atomic E-state index is 11.4. The summed E-state index contributed by atoms with van der Waals surface area (Å²) in [5, 5.41) is 0. The van der Waals surface area contributed by atoms with Crippen LogP contribution in [-0.2, 0) is 4.79 Å². The van der Waals surface area contributed by atoms with Crippen molar-refractivity contribution in [3.63, 3.8) is 0 Å². The molecule has 0 heterocycles. The lowest BCUT2D eigenvalue weighted by molar-refractivity contribution is -0.133. The number of anilines is 2. The number of carbonyl (C=O) groups excluding carboxylic acids is 1. The van der Waals surface area contributed by atoms with Gasteiger partial charge in [0, 0.05) is 46.4 Å². The van der Waals surface area contributed by atoms with Gasteiger partial charge in [-0.3, -0.25) is 4.79 Å². The number of nitrogens with zero attached hydrogens (tertiary/aromatic N) is 2. The van der Waals surface area contributed by atoms with Crippen LogP contribution in [0.1, 0.15) is 13.3 Å². The van der Waals surface area contributed by atoms with Crippen LogP contribution in [-0.4, -0.2) is 34.2 Å². The van der Waals surface area contributed by atoms with Crippen LogP contribution in [0.4, 0.5) is 11.4 Å². The molecule has 0 aromatic heterocycles. The van der Waals surface area contributed by atoms with Gasteiger partial charge in [-0.1, -0.05) is 6.92 Å². The number of esters is 1. The predicted molar refractivity (Wildman–Crippen MR) is 71.0 cm³/mol. The Morgan fingerprint density at radius 2 is 1.82 bits per heavy atom. The summed E-state index contributed by atoms with van der Waals surface area (Å²) in [5.74, 6) is 0.386. The van der Waals surface area contributed by atoms with Crippen LogP contribution in [0.5, 0.6) is 5.75 Å². The Labute approximate surface area is 103 Å². The van der Waals surface area contributed by atoms with E-state index in [1.165, 1.54) is 0 Å². The highest BCUT2D eigenvalue weighted by Gasteiger charge is 2.11. The van der Waals surface area contributed by atoms with Crippen LogP contribution in [0.3, 0.4) is 0 Å². The molecule has 17 heavy (non-hydrogen) atoms. The summed E-state index contributed by atoms with van der Waals surface area (Å²) in [7, 11) is 7.76. The van der Waals surface area contributed by atoms with Gasteiger partial charge >= 0.3 is 5.97 Å². The maximum absolute atomic E-state index is 11.4. The van der Waals surface area contributed by atoms with Crippen molar-refractivity contribution >= 4 is 17.3 Å². The molecule has 0 fully saturated rings. The largest absolute Gasteiger partial charge is 0.424 e. The van der Waals surface area contributed by atoms with Crippen molar-refractivity contribution in [2.75, 3.05) is 38.0 Å². The smallest absolute Gasteiger partial charge is 0.310 e. The highest BCUT2D eigenvalue weighted by Crippen LogP contribution is 2.31. The minimum atomic E-state index is -0.219. The zero-order valence-electron chi connectivity index (χ0n) is 11.2. The van der Waals surface area contributed by atoms with Gasteiger partial charge < -0.3 is 14.5 Å². The van der Waals surface area contributed by atoms with Gasteiger partial charge in [-0.2, -0.15) is 0 Å². The highest BCUT2D eigenvalue weighted by atomic mass is 16.5. The van der Waals surface area contributed by atoms with E-state index in [-0.39, 0.29) is 5.97 Å². The monoisotopic (exact) mass is 236 g/mol. The van der Waals surface area contributed by atoms with Crippen molar-refractivity contribution < 1.29 is 9.53 Å². The lowest BCUT2D eigenvalue weighted by Gasteiger charge is -2.20. The minimum Gasteiger partial charge on any atom is -0.424 e. The molecule has 1 rings (SSSR count). The van der Waals surface area contributed by atoms with Crippen molar-refractivity contribution in [3.05, 3.63) is 18.2 Å².